The van der Waals surface area contributed by atoms with E-state index in [-0.39, 0.29) is 17.1 Å². The lowest BCUT2D eigenvalue weighted by molar-refractivity contribution is -0.139. The van der Waals surface area contributed by atoms with Crippen LogP contribution >= 0.6 is 23.2 Å². The number of nitrogens with one attached hydrogen (secondary N) is 1. The summed E-state index contributed by atoms with van der Waals surface area (Å²) in [5.74, 6) is -0.450. The SMILES string of the molecule is CCOc1ccc(N(CC(=O)N(Cc2ccc(Cl)cc2Cl)C(C)C(=O)NC)S(=O)(=O)c2ccccc2)cc1. The molecule has 0 fully saturated rings. The van der Waals surface area contributed by atoms with E-state index in [1.807, 2.05) is 6.92 Å². The minimum absolute atomic E-state index is 0.0216. The van der Waals surface area contributed by atoms with Crippen molar-refractivity contribution in [3.63, 3.8) is 0 Å². The van der Waals surface area contributed by atoms with Crippen molar-refractivity contribution in [1.29, 1.82) is 0 Å². The Morgan fingerprint density at radius 1 is 1.00 bits per heavy atom. The number of halogens is 2. The molecule has 0 saturated carbocycles. The number of rotatable bonds is 11. The highest BCUT2D eigenvalue weighted by atomic mass is 35.5. The van der Waals surface area contributed by atoms with Gasteiger partial charge in [0.2, 0.25) is 11.8 Å². The highest BCUT2D eigenvalue weighted by Crippen LogP contribution is 2.27. The molecule has 0 aliphatic heterocycles. The second-order valence-corrected chi connectivity index (χ2v) is 11.0. The Kier molecular flexibility index (Phi) is 10.0. The van der Waals surface area contributed by atoms with Gasteiger partial charge in [0, 0.05) is 23.6 Å². The normalized spacial score (nSPS) is 11.9. The van der Waals surface area contributed by atoms with E-state index in [2.05, 4.69) is 5.32 Å². The lowest BCUT2D eigenvalue weighted by atomic mass is 10.1. The Labute approximate surface area is 233 Å². The minimum atomic E-state index is -4.15. The average molecular weight is 579 g/mol. The molecule has 11 heteroatoms. The van der Waals surface area contributed by atoms with Gasteiger partial charge in [-0.25, -0.2) is 8.42 Å². The monoisotopic (exact) mass is 577 g/mol. The zero-order valence-electron chi connectivity index (χ0n) is 21.2. The van der Waals surface area contributed by atoms with Crippen LogP contribution in [0.2, 0.25) is 10.0 Å². The standard InChI is InChI=1S/C27H29Cl2N3O5S/c1-4-37-23-14-12-22(13-15-23)32(38(35,36)24-8-6-5-7-9-24)18-26(33)31(19(2)27(34)30-3)17-20-10-11-21(28)16-25(20)29/h5-16,19H,4,17-18H2,1-3H3,(H,30,34). The van der Waals surface area contributed by atoms with E-state index in [0.717, 1.165) is 4.31 Å². The third kappa shape index (κ3) is 6.98. The van der Waals surface area contributed by atoms with Crippen molar-refractivity contribution in [2.24, 2.45) is 0 Å². The second kappa shape index (κ2) is 13.0. The number of nitrogens with zero attached hydrogens (tertiary/aromatic N) is 2. The molecule has 0 spiro atoms. The number of carbonyl (C=O) groups is 2. The quantitative estimate of drug-likeness (QED) is 0.354. The van der Waals surface area contributed by atoms with Crippen molar-refractivity contribution in [3.8, 4) is 5.75 Å². The van der Waals surface area contributed by atoms with Gasteiger partial charge < -0.3 is 15.0 Å². The number of sulfonamides is 1. The maximum Gasteiger partial charge on any atom is 0.264 e. The molecule has 0 aliphatic carbocycles. The lowest BCUT2D eigenvalue weighted by Gasteiger charge is -2.32. The first-order valence-electron chi connectivity index (χ1n) is 11.8. The summed E-state index contributed by atoms with van der Waals surface area (Å²) in [5, 5.41) is 3.28. The smallest absolute Gasteiger partial charge is 0.264 e. The van der Waals surface area contributed by atoms with Crippen LogP contribution in [0.3, 0.4) is 0 Å². The molecule has 0 aliphatic rings. The van der Waals surface area contributed by atoms with Gasteiger partial charge in [0.1, 0.15) is 18.3 Å². The van der Waals surface area contributed by atoms with E-state index in [1.165, 1.54) is 30.1 Å². The molecular weight excluding hydrogens is 549 g/mol. The Balaban J connectivity index is 2.03. The van der Waals surface area contributed by atoms with Gasteiger partial charge >= 0.3 is 0 Å². The van der Waals surface area contributed by atoms with Crippen LogP contribution in [0.5, 0.6) is 5.75 Å². The predicted octanol–water partition coefficient (Wildman–Crippen LogP) is 4.75. The van der Waals surface area contributed by atoms with Crippen LogP contribution < -0.4 is 14.4 Å². The number of carbonyl (C=O) groups excluding carboxylic acids is 2. The molecule has 1 unspecified atom stereocenters. The molecule has 3 aromatic carbocycles. The van der Waals surface area contributed by atoms with Crippen LogP contribution in [0.15, 0.2) is 77.7 Å². The zero-order valence-corrected chi connectivity index (χ0v) is 23.6. The number of likely N-dealkylation sites (N-methyl/N-ethyl adjacent to an activating group) is 1. The van der Waals surface area contributed by atoms with Gasteiger partial charge in [0.15, 0.2) is 0 Å². The van der Waals surface area contributed by atoms with Crippen molar-refractivity contribution in [2.75, 3.05) is 24.5 Å². The first-order valence-corrected chi connectivity index (χ1v) is 14.0. The fourth-order valence-electron chi connectivity index (χ4n) is 3.75. The highest BCUT2D eigenvalue weighted by Gasteiger charge is 2.32. The topological polar surface area (TPSA) is 96.0 Å². The zero-order chi connectivity index (χ0) is 27.9. The fourth-order valence-corrected chi connectivity index (χ4v) is 5.65. The second-order valence-electron chi connectivity index (χ2n) is 8.30. The van der Waals surface area contributed by atoms with Crippen molar-refractivity contribution < 1.29 is 22.7 Å². The Bertz CT molecular complexity index is 1370. The molecule has 202 valence electrons. The molecule has 3 aromatic rings. The van der Waals surface area contributed by atoms with Gasteiger partial charge in [-0.05, 0) is 67.9 Å². The Hall–Kier alpha value is -3.27. The molecule has 0 aromatic heterocycles. The largest absolute Gasteiger partial charge is 0.494 e. The Morgan fingerprint density at radius 2 is 1.66 bits per heavy atom. The molecule has 0 saturated heterocycles. The van der Waals surface area contributed by atoms with Gasteiger partial charge in [-0.3, -0.25) is 13.9 Å². The van der Waals surface area contributed by atoms with Gasteiger partial charge in [-0.1, -0.05) is 47.5 Å². The summed E-state index contributed by atoms with van der Waals surface area (Å²) in [6.07, 6.45) is 0. The number of ether oxygens (including phenoxy) is 1. The van der Waals surface area contributed by atoms with Crippen LogP contribution in [0.25, 0.3) is 0 Å². The number of benzene rings is 3. The number of hydrogen-bond acceptors (Lipinski definition) is 5. The maximum atomic E-state index is 13.8. The average Bonchev–Trinajstić information content (AvgIpc) is 2.91. The molecule has 8 nitrogen and oxygen atoms in total. The van der Waals surface area contributed by atoms with Crippen molar-refractivity contribution in [1.82, 2.24) is 10.2 Å². The number of hydrogen-bond donors (Lipinski definition) is 1. The van der Waals surface area contributed by atoms with Crippen LogP contribution in [-0.4, -0.2) is 51.4 Å². The van der Waals surface area contributed by atoms with E-state index >= 15 is 0 Å². The summed E-state index contributed by atoms with van der Waals surface area (Å²) in [6, 6.07) is 18.1. The number of amides is 2. The van der Waals surface area contributed by atoms with E-state index in [9.17, 15) is 18.0 Å². The van der Waals surface area contributed by atoms with Gasteiger partial charge in [0.05, 0.1) is 17.2 Å². The van der Waals surface area contributed by atoms with Crippen molar-refractivity contribution in [2.45, 2.75) is 31.3 Å². The van der Waals surface area contributed by atoms with Crippen LogP contribution in [0.4, 0.5) is 5.69 Å². The van der Waals surface area contributed by atoms with Gasteiger partial charge in [-0.2, -0.15) is 0 Å². The molecule has 0 bridgehead atoms. The summed E-state index contributed by atoms with van der Waals surface area (Å²) in [7, 11) is -2.68. The van der Waals surface area contributed by atoms with E-state index in [0.29, 0.717) is 28.0 Å². The van der Waals surface area contributed by atoms with E-state index in [4.69, 9.17) is 27.9 Å². The van der Waals surface area contributed by atoms with Gasteiger partial charge in [-0.15, -0.1) is 0 Å². The van der Waals surface area contributed by atoms with Gasteiger partial charge in [0.25, 0.3) is 10.0 Å². The fraction of sp³-hybridized carbons (Fsp3) is 0.259. The first-order chi connectivity index (χ1) is 18.1. The summed E-state index contributed by atoms with van der Waals surface area (Å²) in [4.78, 5) is 27.6. The minimum Gasteiger partial charge on any atom is -0.494 e. The van der Waals surface area contributed by atoms with Crippen molar-refractivity contribution in [3.05, 3.63) is 88.4 Å². The third-order valence-electron chi connectivity index (χ3n) is 5.82. The molecular formula is C27H29Cl2N3O5S. The Morgan fingerprint density at radius 3 is 2.24 bits per heavy atom. The molecule has 2 amide bonds. The van der Waals surface area contributed by atoms with Crippen molar-refractivity contribution >= 4 is 50.7 Å². The molecule has 1 N–H and O–H groups in total. The van der Waals surface area contributed by atoms with Crippen LogP contribution in [0.1, 0.15) is 19.4 Å². The van der Waals surface area contributed by atoms with E-state index in [1.54, 1.807) is 61.5 Å². The summed E-state index contributed by atoms with van der Waals surface area (Å²) >= 11 is 12.4. The first kappa shape index (κ1) is 29.3. The number of anilines is 1. The molecule has 38 heavy (non-hydrogen) atoms. The molecule has 3 rings (SSSR count). The summed E-state index contributed by atoms with van der Waals surface area (Å²) in [5.41, 5.74) is 0.821. The van der Waals surface area contributed by atoms with E-state index < -0.39 is 34.4 Å². The van der Waals surface area contributed by atoms with Crippen LogP contribution in [0, 0.1) is 0 Å². The van der Waals surface area contributed by atoms with Crippen LogP contribution in [-0.2, 0) is 26.2 Å². The highest BCUT2D eigenvalue weighted by molar-refractivity contribution is 7.92. The third-order valence-corrected chi connectivity index (χ3v) is 8.19. The molecule has 1 atom stereocenters. The summed E-state index contributed by atoms with van der Waals surface area (Å²) in [6.45, 7) is 3.26. The molecule has 0 heterocycles. The predicted molar refractivity (Wildman–Crippen MR) is 149 cm³/mol. The summed E-state index contributed by atoms with van der Waals surface area (Å²) < 4.78 is 33.9. The lowest BCUT2D eigenvalue weighted by Crippen LogP contribution is -2.50. The molecule has 0 radical (unpaired) electrons. The maximum absolute atomic E-state index is 13.8.